The third-order valence-corrected chi connectivity index (χ3v) is 4.41. The minimum absolute atomic E-state index is 0.148. The number of aryl methyl sites for hydroxylation is 1. The molecule has 0 aromatic heterocycles. The van der Waals surface area contributed by atoms with Gasteiger partial charge in [0.1, 0.15) is 6.04 Å². The molecule has 0 aliphatic carbocycles. The van der Waals surface area contributed by atoms with Gasteiger partial charge in [0, 0.05) is 17.4 Å². The zero-order chi connectivity index (χ0) is 19.9. The fourth-order valence-corrected chi connectivity index (χ4v) is 2.89. The van der Waals surface area contributed by atoms with Crippen LogP contribution in [-0.4, -0.2) is 20.1 Å². The molecule has 5 nitrogen and oxygen atoms in total. The summed E-state index contributed by atoms with van der Waals surface area (Å²) in [6.45, 7) is 2.01. The van der Waals surface area contributed by atoms with Gasteiger partial charge in [0.25, 0.3) is 5.91 Å². The first-order valence-electron chi connectivity index (χ1n) is 9.01. The highest BCUT2D eigenvalue weighted by molar-refractivity contribution is 5.97. The Kier molecular flexibility index (Phi) is 6.17. The van der Waals surface area contributed by atoms with Gasteiger partial charge in [-0.1, -0.05) is 48.0 Å². The van der Waals surface area contributed by atoms with Gasteiger partial charge in [0.05, 0.1) is 14.2 Å². The number of anilines is 2. The number of nitrogens with one attached hydrogen (secondary N) is 2. The molecule has 5 heteroatoms. The molecular weight excluding hydrogens is 352 g/mol. The molecule has 0 heterocycles. The van der Waals surface area contributed by atoms with Crippen molar-refractivity contribution in [3.63, 3.8) is 0 Å². The van der Waals surface area contributed by atoms with Gasteiger partial charge in [0.2, 0.25) is 0 Å². The highest BCUT2D eigenvalue weighted by atomic mass is 16.5. The summed E-state index contributed by atoms with van der Waals surface area (Å²) in [6, 6.07) is 22.2. The van der Waals surface area contributed by atoms with E-state index in [0.717, 1.165) is 22.5 Å². The van der Waals surface area contributed by atoms with E-state index >= 15 is 0 Å². The Morgan fingerprint density at radius 2 is 1.46 bits per heavy atom. The SMILES string of the molecule is COc1ccc(N[C@@H](C(=O)Nc2ccc(C)cc2)c2ccccc2)cc1OC. The fourth-order valence-electron chi connectivity index (χ4n) is 2.89. The minimum atomic E-state index is -0.569. The molecule has 1 atom stereocenters. The van der Waals surface area contributed by atoms with Crippen LogP contribution in [0.2, 0.25) is 0 Å². The molecule has 0 saturated carbocycles. The summed E-state index contributed by atoms with van der Waals surface area (Å²) in [5.74, 6) is 1.08. The molecule has 2 N–H and O–H groups in total. The first kappa shape index (κ1) is 19.3. The van der Waals surface area contributed by atoms with Crippen LogP contribution in [-0.2, 0) is 4.79 Å². The Morgan fingerprint density at radius 1 is 0.821 bits per heavy atom. The molecule has 0 fully saturated rings. The number of hydrogen-bond acceptors (Lipinski definition) is 4. The average Bonchev–Trinajstić information content (AvgIpc) is 2.74. The van der Waals surface area contributed by atoms with E-state index in [2.05, 4.69) is 10.6 Å². The van der Waals surface area contributed by atoms with Crippen molar-refractivity contribution in [1.29, 1.82) is 0 Å². The molecule has 0 spiro atoms. The van der Waals surface area contributed by atoms with Crippen LogP contribution < -0.4 is 20.1 Å². The molecule has 1 amide bonds. The molecule has 28 heavy (non-hydrogen) atoms. The number of benzene rings is 3. The van der Waals surface area contributed by atoms with Gasteiger partial charge in [-0.25, -0.2) is 0 Å². The quantitative estimate of drug-likeness (QED) is 0.622. The van der Waals surface area contributed by atoms with E-state index in [-0.39, 0.29) is 5.91 Å². The standard InChI is InChI=1S/C23H24N2O3/c1-16-9-11-18(12-10-16)25-23(26)22(17-7-5-4-6-8-17)24-19-13-14-20(27-2)21(15-19)28-3/h4-15,22,24H,1-3H3,(H,25,26)/t22-/m1/s1. The second-order valence-electron chi connectivity index (χ2n) is 6.41. The van der Waals surface area contributed by atoms with E-state index in [1.54, 1.807) is 20.3 Å². The Labute approximate surface area is 165 Å². The summed E-state index contributed by atoms with van der Waals surface area (Å²) in [5.41, 5.74) is 3.51. The molecular formula is C23H24N2O3. The zero-order valence-electron chi connectivity index (χ0n) is 16.2. The Morgan fingerprint density at radius 3 is 2.11 bits per heavy atom. The fraction of sp³-hybridized carbons (Fsp3) is 0.174. The van der Waals surface area contributed by atoms with Gasteiger partial charge >= 0.3 is 0 Å². The van der Waals surface area contributed by atoms with Crippen molar-refractivity contribution in [3.05, 3.63) is 83.9 Å². The van der Waals surface area contributed by atoms with E-state index in [1.165, 1.54) is 0 Å². The summed E-state index contributed by atoms with van der Waals surface area (Å²) in [7, 11) is 3.17. The van der Waals surface area contributed by atoms with E-state index in [9.17, 15) is 4.79 Å². The van der Waals surface area contributed by atoms with Crippen LogP contribution in [0.15, 0.2) is 72.8 Å². The number of hydrogen-bond donors (Lipinski definition) is 2. The molecule has 0 radical (unpaired) electrons. The lowest BCUT2D eigenvalue weighted by molar-refractivity contribution is -0.117. The van der Waals surface area contributed by atoms with E-state index in [4.69, 9.17) is 9.47 Å². The first-order chi connectivity index (χ1) is 13.6. The maximum atomic E-state index is 13.1. The molecule has 0 saturated heterocycles. The van der Waals surface area contributed by atoms with Crippen molar-refractivity contribution in [2.75, 3.05) is 24.9 Å². The zero-order valence-corrected chi connectivity index (χ0v) is 16.2. The molecule has 3 rings (SSSR count). The number of amides is 1. The monoisotopic (exact) mass is 376 g/mol. The molecule has 144 valence electrons. The lowest BCUT2D eigenvalue weighted by atomic mass is 10.1. The third-order valence-electron chi connectivity index (χ3n) is 4.41. The van der Waals surface area contributed by atoms with Gasteiger partial charge in [-0.2, -0.15) is 0 Å². The largest absolute Gasteiger partial charge is 0.493 e. The van der Waals surface area contributed by atoms with Gasteiger partial charge in [0.15, 0.2) is 11.5 Å². The summed E-state index contributed by atoms with van der Waals surface area (Å²) in [6.07, 6.45) is 0. The van der Waals surface area contributed by atoms with Crippen molar-refractivity contribution in [3.8, 4) is 11.5 Å². The molecule has 0 aliphatic heterocycles. The number of ether oxygens (including phenoxy) is 2. The predicted octanol–water partition coefficient (Wildman–Crippen LogP) is 4.80. The number of rotatable bonds is 7. The van der Waals surface area contributed by atoms with Crippen molar-refractivity contribution in [2.24, 2.45) is 0 Å². The second-order valence-corrected chi connectivity index (χ2v) is 6.41. The van der Waals surface area contributed by atoms with Crippen molar-refractivity contribution >= 4 is 17.3 Å². The highest BCUT2D eigenvalue weighted by Crippen LogP contribution is 2.31. The number of carbonyl (C=O) groups is 1. The van der Waals surface area contributed by atoms with Crippen molar-refractivity contribution in [2.45, 2.75) is 13.0 Å². The van der Waals surface area contributed by atoms with Crippen LogP contribution in [0.3, 0.4) is 0 Å². The Balaban J connectivity index is 1.87. The van der Waals surface area contributed by atoms with Gasteiger partial charge in [-0.05, 0) is 36.8 Å². The lowest BCUT2D eigenvalue weighted by Gasteiger charge is -2.21. The topological polar surface area (TPSA) is 59.6 Å². The normalized spacial score (nSPS) is 11.4. The Bertz CT molecular complexity index is 924. The minimum Gasteiger partial charge on any atom is -0.493 e. The molecule has 0 unspecified atom stereocenters. The van der Waals surface area contributed by atoms with Gasteiger partial charge in [-0.15, -0.1) is 0 Å². The summed E-state index contributed by atoms with van der Waals surface area (Å²) < 4.78 is 10.7. The van der Waals surface area contributed by atoms with Gasteiger partial charge in [-0.3, -0.25) is 4.79 Å². The third kappa shape index (κ3) is 4.62. The second kappa shape index (κ2) is 8.95. The van der Waals surface area contributed by atoms with Crippen molar-refractivity contribution < 1.29 is 14.3 Å². The Hall–Kier alpha value is -3.47. The molecule has 3 aromatic carbocycles. The van der Waals surface area contributed by atoms with Crippen LogP contribution >= 0.6 is 0 Å². The number of carbonyl (C=O) groups excluding carboxylic acids is 1. The van der Waals surface area contributed by atoms with E-state index in [1.807, 2.05) is 73.7 Å². The maximum Gasteiger partial charge on any atom is 0.251 e. The van der Waals surface area contributed by atoms with Crippen LogP contribution in [0.1, 0.15) is 17.2 Å². The molecule has 0 bridgehead atoms. The van der Waals surface area contributed by atoms with E-state index in [0.29, 0.717) is 11.5 Å². The van der Waals surface area contributed by atoms with E-state index < -0.39 is 6.04 Å². The summed E-state index contributed by atoms with van der Waals surface area (Å²) in [4.78, 5) is 13.1. The maximum absolute atomic E-state index is 13.1. The smallest absolute Gasteiger partial charge is 0.251 e. The number of methoxy groups -OCH3 is 2. The molecule has 0 aliphatic rings. The average molecular weight is 376 g/mol. The highest BCUT2D eigenvalue weighted by Gasteiger charge is 2.21. The van der Waals surface area contributed by atoms with Crippen LogP contribution in [0.25, 0.3) is 0 Å². The van der Waals surface area contributed by atoms with Crippen LogP contribution in [0.5, 0.6) is 11.5 Å². The summed E-state index contributed by atoms with van der Waals surface area (Å²) >= 11 is 0. The van der Waals surface area contributed by atoms with Crippen LogP contribution in [0, 0.1) is 6.92 Å². The molecule has 3 aromatic rings. The van der Waals surface area contributed by atoms with Crippen LogP contribution in [0.4, 0.5) is 11.4 Å². The lowest BCUT2D eigenvalue weighted by Crippen LogP contribution is -2.27. The van der Waals surface area contributed by atoms with Crippen molar-refractivity contribution in [1.82, 2.24) is 0 Å². The first-order valence-corrected chi connectivity index (χ1v) is 9.01. The predicted molar refractivity (Wildman–Crippen MR) is 112 cm³/mol. The summed E-state index contributed by atoms with van der Waals surface area (Å²) in [5, 5.41) is 6.29. The van der Waals surface area contributed by atoms with Gasteiger partial charge < -0.3 is 20.1 Å².